The zero-order valence-electron chi connectivity index (χ0n) is 10.2. The zero-order chi connectivity index (χ0) is 13.1. The summed E-state index contributed by atoms with van der Waals surface area (Å²) in [4.78, 5) is 13.6. The maximum absolute atomic E-state index is 12.0. The lowest BCUT2D eigenvalue weighted by Crippen LogP contribution is -2.38. The fourth-order valence-corrected chi connectivity index (χ4v) is 2.24. The van der Waals surface area contributed by atoms with E-state index in [-0.39, 0.29) is 19.1 Å². The first-order valence-electron chi connectivity index (χ1n) is 6.09. The van der Waals surface area contributed by atoms with E-state index in [0.29, 0.717) is 12.1 Å². The van der Waals surface area contributed by atoms with Gasteiger partial charge >= 0.3 is 0 Å². The van der Waals surface area contributed by atoms with Crippen molar-refractivity contribution in [1.82, 2.24) is 0 Å². The maximum atomic E-state index is 12.0. The van der Waals surface area contributed by atoms with Gasteiger partial charge in [-0.3, -0.25) is 4.79 Å². The van der Waals surface area contributed by atoms with Crippen LogP contribution in [0.25, 0.3) is 0 Å². The third-order valence-electron chi connectivity index (χ3n) is 3.14. The van der Waals surface area contributed by atoms with Crippen LogP contribution in [-0.2, 0) is 11.2 Å². The summed E-state index contributed by atoms with van der Waals surface area (Å²) in [6.45, 7) is -0.236. The molecule has 4 N–H and O–H groups in total. The van der Waals surface area contributed by atoms with Gasteiger partial charge in [-0.05, 0) is 36.6 Å². The second kappa shape index (κ2) is 5.37. The lowest BCUT2D eigenvalue weighted by atomic mass is 10.1. The van der Waals surface area contributed by atoms with Crippen molar-refractivity contribution in [2.45, 2.75) is 25.4 Å². The maximum Gasteiger partial charge on any atom is 0.227 e. The topological polar surface area (TPSA) is 86.8 Å². The summed E-state index contributed by atoms with van der Waals surface area (Å²) >= 11 is 0. The molecule has 0 radical (unpaired) electrons. The van der Waals surface area contributed by atoms with Gasteiger partial charge < -0.3 is 20.8 Å². The van der Waals surface area contributed by atoms with Crippen LogP contribution < -0.4 is 10.6 Å². The van der Waals surface area contributed by atoms with Crippen molar-refractivity contribution in [2.75, 3.05) is 23.8 Å². The Morgan fingerprint density at radius 2 is 2.17 bits per heavy atom. The number of nitrogens with zero attached hydrogens (tertiary/aromatic N) is 1. The number of hydrogen-bond donors (Lipinski definition) is 3. The Kier molecular flexibility index (Phi) is 3.84. The quantitative estimate of drug-likeness (QED) is 0.673. The summed E-state index contributed by atoms with van der Waals surface area (Å²) in [6, 6.07) is 5.42. The number of aliphatic hydroxyl groups excluding tert-OH is 2. The predicted molar refractivity (Wildman–Crippen MR) is 69.2 cm³/mol. The van der Waals surface area contributed by atoms with Crippen molar-refractivity contribution in [3.8, 4) is 0 Å². The molecule has 1 heterocycles. The highest BCUT2D eigenvalue weighted by atomic mass is 16.3. The lowest BCUT2D eigenvalue weighted by Gasteiger charge is -2.25. The summed E-state index contributed by atoms with van der Waals surface area (Å²) in [7, 11) is 0. The minimum atomic E-state index is -0.919. The van der Waals surface area contributed by atoms with Crippen LogP contribution >= 0.6 is 0 Å². The molecule has 1 aliphatic rings. The summed E-state index contributed by atoms with van der Waals surface area (Å²) in [6.07, 6.45) is 1.11. The normalized spacial score (nSPS) is 17.2. The monoisotopic (exact) mass is 250 g/mol. The van der Waals surface area contributed by atoms with Gasteiger partial charge in [0.25, 0.3) is 0 Å². The highest BCUT2D eigenvalue weighted by Gasteiger charge is 2.24. The second-order valence-electron chi connectivity index (χ2n) is 4.58. The number of fused-ring (bicyclic) bond motifs is 1. The second-order valence-corrected chi connectivity index (χ2v) is 4.58. The van der Waals surface area contributed by atoms with E-state index in [1.807, 2.05) is 6.07 Å². The number of carbonyl (C=O) groups is 1. The Morgan fingerprint density at radius 1 is 1.39 bits per heavy atom. The molecule has 2 rings (SSSR count). The van der Waals surface area contributed by atoms with Crippen LogP contribution in [0.15, 0.2) is 18.2 Å². The minimum absolute atomic E-state index is 0.0222. The number of β-amino-alcohol motifs (C(OH)–C–C–N with tert-alkyl or cyclic N) is 1. The molecule has 0 aromatic heterocycles. The third kappa shape index (κ3) is 2.63. The molecule has 5 nitrogen and oxygen atoms in total. The number of nitrogen functional groups attached to an aromatic ring is 1. The molecule has 1 aromatic carbocycles. The van der Waals surface area contributed by atoms with Crippen LogP contribution in [0.5, 0.6) is 0 Å². The van der Waals surface area contributed by atoms with Crippen molar-refractivity contribution in [2.24, 2.45) is 0 Å². The van der Waals surface area contributed by atoms with E-state index in [1.165, 1.54) is 0 Å². The van der Waals surface area contributed by atoms with Crippen molar-refractivity contribution >= 4 is 17.3 Å². The van der Waals surface area contributed by atoms with Crippen molar-refractivity contribution in [1.29, 1.82) is 0 Å². The Bertz CT molecular complexity index is 448. The number of amides is 1. The number of carbonyl (C=O) groups excluding carboxylic acids is 1. The lowest BCUT2D eigenvalue weighted by molar-refractivity contribution is -0.119. The molecular weight excluding hydrogens is 232 g/mol. The highest BCUT2D eigenvalue weighted by Crippen LogP contribution is 2.28. The van der Waals surface area contributed by atoms with E-state index >= 15 is 0 Å². The first-order chi connectivity index (χ1) is 8.61. The van der Waals surface area contributed by atoms with E-state index in [9.17, 15) is 9.90 Å². The molecule has 1 atom stereocenters. The van der Waals surface area contributed by atoms with Gasteiger partial charge in [-0.1, -0.05) is 0 Å². The van der Waals surface area contributed by atoms with E-state index in [2.05, 4.69) is 0 Å². The first kappa shape index (κ1) is 12.9. The molecule has 0 bridgehead atoms. The first-order valence-corrected chi connectivity index (χ1v) is 6.09. The average Bonchev–Trinajstić information content (AvgIpc) is 2.49. The standard InChI is InChI=1S/C13H18N2O3/c14-10-4-5-12-9(6-10)2-1-3-13(18)15(12)7-11(17)8-16/h4-6,11,16-17H,1-3,7-8,14H2. The summed E-state index contributed by atoms with van der Waals surface area (Å²) in [5, 5.41) is 18.4. The SMILES string of the molecule is Nc1ccc2c(c1)CCCC(=O)N2CC(O)CO. The molecule has 0 spiro atoms. The zero-order valence-corrected chi connectivity index (χ0v) is 10.2. The molecule has 0 fully saturated rings. The van der Waals surface area contributed by atoms with Crippen LogP contribution in [-0.4, -0.2) is 35.4 Å². The highest BCUT2D eigenvalue weighted by molar-refractivity contribution is 5.95. The van der Waals surface area contributed by atoms with Gasteiger partial charge in [0.05, 0.1) is 19.3 Å². The Balaban J connectivity index is 2.34. The number of rotatable bonds is 3. The molecule has 0 saturated carbocycles. The molecule has 5 heteroatoms. The van der Waals surface area contributed by atoms with Gasteiger partial charge in [0.2, 0.25) is 5.91 Å². The molecule has 0 aliphatic carbocycles. The molecule has 1 aliphatic heterocycles. The van der Waals surface area contributed by atoms with Gasteiger partial charge in [-0.2, -0.15) is 0 Å². The van der Waals surface area contributed by atoms with E-state index in [1.54, 1.807) is 17.0 Å². The molecule has 1 aromatic rings. The van der Waals surface area contributed by atoms with Crippen molar-refractivity contribution < 1.29 is 15.0 Å². The van der Waals surface area contributed by atoms with E-state index in [4.69, 9.17) is 10.8 Å². The molecule has 18 heavy (non-hydrogen) atoms. The van der Waals surface area contributed by atoms with Crippen LogP contribution in [0.3, 0.4) is 0 Å². The predicted octanol–water partition coefficient (Wildman–Crippen LogP) is 0.291. The summed E-state index contributed by atoms with van der Waals surface area (Å²) in [5.74, 6) is -0.0222. The van der Waals surface area contributed by atoms with E-state index < -0.39 is 6.10 Å². The number of hydrogen-bond acceptors (Lipinski definition) is 4. The fraction of sp³-hybridized carbons (Fsp3) is 0.462. The van der Waals surface area contributed by atoms with Crippen LogP contribution in [0.1, 0.15) is 18.4 Å². The smallest absolute Gasteiger partial charge is 0.227 e. The fourth-order valence-electron chi connectivity index (χ4n) is 2.24. The summed E-state index contributed by atoms with van der Waals surface area (Å²) in [5.41, 5.74) is 8.23. The molecular formula is C13H18N2O3. The van der Waals surface area contributed by atoms with Gasteiger partial charge in [0.15, 0.2) is 0 Å². The Hall–Kier alpha value is -1.59. The van der Waals surface area contributed by atoms with Gasteiger partial charge in [0.1, 0.15) is 0 Å². The van der Waals surface area contributed by atoms with E-state index in [0.717, 1.165) is 24.1 Å². The number of benzene rings is 1. The van der Waals surface area contributed by atoms with Crippen LogP contribution in [0.2, 0.25) is 0 Å². The van der Waals surface area contributed by atoms with Crippen molar-refractivity contribution in [3.05, 3.63) is 23.8 Å². The molecule has 1 unspecified atom stereocenters. The molecule has 98 valence electrons. The Morgan fingerprint density at radius 3 is 2.89 bits per heavy atom. The number of nitrogens with two attached hydrogens (primary N) is 1. The molecule has 1 amide bonds. The Labute approximate surface area is 106 Å². The van der Waals surface area contributed by atoms with Gasteiger partial charge in [-0.25, -0.2) is 0 Å². The number of aliphatic hydroxyl groups is 2. The van der Waals surface area contributed by atoms with Crippen LogP contribution in [0.4, 0.5) is 11.4 Å². The summed E-state index contributed by atoms with van der Waals surface area (Å²) < 4.78 is 0. The van der Waals surface area contributed by atoms with Crippen molar-refractivity contribution in [3.63, 3.8) is 0 Å². The molecule has 0 saturated heterocycles. The van der Waals surface area contributed by atoms with Gasteiger partial charge in [0, 0.05) is 17.8 Å². The largest absolute Gasteiger partial charge is 0.399 e. The number of aryl methyl sites for hydroxylation is 1. The van der Waals surface area contributed by atoms with Crippen LogP contribution in [0, 0.1) is 0 Å². The number of anilines is 2. The minimum Gasteiger partial charge on any atom is -0.399 e. The van der Waals surface area contributed by atoms with Gasteiger partial charge in [-0.15, -0.1) is 0 Å². The average molecular weight is 250 g/mol. The third-order valence-corrected chi connectivity index (χ3v) is 3.14.